The van der Waals surface area contributed by atoms with E-state index in [1.165, 1.54) is 0 Å². The van der Waals surface area contributed by atoms with Gasteiger partial charge in [-0.15, -0.1) is 11.3 Å². The van der Waals surface area contributed by atoms with E-state index in [2.05, 4.69) is 43.3 Å². The number of aliphatic hydroxyl groups excluding tert-OH is 3. The van der Waals surface area contributed by atoms with Crippen molar-refractivity contribution in [1.82, 2.24) is 19.9 Å². The third kappa shape index (κ3) is 5.00. The molecule has 0 bridgehead atoms. The van der Waals surface area contributed by atoms with Crippen LogP contribution in [0.25, 0.3) is 20.8 Å². The summed E-state index contributed by atoms with van der Waals surface area (Å²) in [5, 5.41) is 37.9. The summed E-state index contributed by atoms with van der Waals surface area (Å²) in [6.07, 6.45) is 1.00. The fourth-order valence-electron chi connectivity index (χ4n) is 4.25. The topological polar surface area (TPSA) is 136 Å². The molecule has 0 saturated heterocycles. The molecule has 4 atom stereocenters. The maximum Gasteiger partial charge on any atom is 0.224 e. The molecule has 1 fully saturated rings. The van der Waals surface area contributed by atoms with Crippen molar-refractivity contribution in [2.45, 2.75) is 65.7 Å². The maximum absolute atomic E-state index is 10.6. The lowest BCUT2D eigenvalue weighted by Gasteiger charge is -2.22. The first kappa shape index (κ1) is 24.7. The summed E-state index contributed by atoms with van der Waals surface area (Å²) in [5.74, 6) is 0.643. The number of aliphatic hydroxyl groups is 3. The van der Waals surface area contributed by atoms with Crippen LogP contribution in [0.4, 0.5) is 11.8 Å². The first-order valence-electron chi connectivity index (χ1n) is 11.7. The van der Waals surface area contributed by atoms with Crippen LogP contribution in [-0.4, -0.2) is 66.7 Å². The second-order valence-electron chi connectivity index (χ2n) is 10.2. The molecule has 0 aromatic carbocycles. The molecule has 4 rings (SSSR count). The minimum absolute atomic E-state index is 0.0419. The van der Waals surface area contributed by atoms with Gasteiger partial charge >= 0.3 is 0 Å². The van der Waals surface area contributed by atoms with Gasteiger partial charge in [0.1, 0.15) is 22.4 Å². The Balaban J connectivity index is 1.77. The Morgan fingerprint density at radius 1 is 1.15 bits per heavy atom. The smallest absolute Gasteiger partial charge is 0.224 e. The normalized spacial score (nSPS) is 22.9. The molecule has 5 N–H and O–H groups in total. The standard InChI is InChI=1S/C24H34N6O3S/c1-6-14-18-16(7-8-25-14)34-22(29-18)17-12(2)27-23(26-11-24(3,4)5)30-21(17)28-15-9-13(10-31)19(32)20(15)33/h7-8,13,15,19-20,31-33H,6,9-11H2,1-5H3,(H2,26,27,28,30). The van der Waals surface area contributed by atoms with Gasteiger partial charge in [0, 0.05) is 25.3 Å². The number of aromatic nitrogens is 4. The van der Waals surface area contributed by atoms with Crippen molar-refractivity contribution in [3.8, 4) is 10.6 Å². The molecule has 0 spiro atoms. The number of aryl methyl sites for hydroxylation is 2. The van der Waals surface area contributed by atoms with Crippen molar-refractivity contribution in [2.75, 3.05) is 23.8 Å². The molecule has 1 aliphatic carbocycles. The van der Waals surface area contributed by atoms with Crippen LogP contribution in [0.3, 0.4) is 0 Å². The van der Waals surface area contributed by atoms with Crippen LogP contribution in [0.15, 0.2) is 12.3 Å². The molecule has 10 heteroatoms. The summed E-state index contributed by atoms with van der Waals surface area (Å²) in [6.45, 7) is 10.9. The Labute approximate surface area is 203 Å². The van der Waals surface area contributed by atoms with Gasteiger partial charge in [0.05, 0.1) is 33.8 Å². The second kappa shape index (κ2) is 9.69. The van der Waals surface area contributed by atoms with Gasteiger partial charge in [-0.1, -0.05) is 27.7 Å². The first-order valence-corrected chi connectivity index (χ1v) is 12.5. The molecule has 0 radical (unpaired) electrons. The summed E-state index contributed by atoms with van der Waals surface area (Å²) in [7, 11) is 0. The molecule has 1 aliphatic rings. The Hall–Kier alpha value is -2.40. The number of fused-ring (bicyclic) bond motifs is 1. The highest BCUT2D eigenvalue weighted by Crippen LogP contribution is 2.38. The van der Waals surface area contributed by atoms with Crippen LogP contribution in [0.5, 0.6) is 0 Å². The third-order valence-electron chi connectivity index (χ3n) is 6.16. The number of nitrogens with zero attached hydrogens (tertiary/aromatic N) is 4. The van der Waals surface area contributed by atoms with Gasteiger partial charge in [0.25, 0.3) is 0 Å². The lowest BCUT2D eigenvalue weighted by Crippen LogP contribution is -2.36. The Kier molecular flexibility index (Phi) is 7.04. The quantitative estimate of drug-likeness (QED) is 0.341. The zero-order chi connectivity index (χ0) is 24.6. The summed E-state index contributed by atoms with van der Waals surface area (Å²) in [5.41, 5.74) is 3.38. The molecule has 3 aromatic heterocycles. The highest BCUT2D eigenvalue weighted by molar-refractivity contribution is 7.21. The maximum atomic E-state index is 10.6. The van der Waals surface area contributed by atoms with Crippen LogP contribution in [0.1, 0.15) is 45.5 Å². The number of nitrogens with one attached hydrogen (secondary N) is 2. The predicted molar refractivity (Wildman–Crippen MR) is 135 cm³/mol. The summed E-state index contributed by atoms with van der Waals surface area (Å²) in [4.78, 5) is 18.8. The average molecular weight is 487 g/mol. The van der Waals surface area contributed by atoms with Gasteiger partial charge in [-0.25, -0.2) is 9.97 Å². The monoisotopic (exact) mass is 486 g/mol. The molecule has 3 aromatic rings. The lowest BCUT2D eigenvalue weighted by atomic mass is 9.97. The molecule has 0 amide bonds. The Bertz CT molecular complexity index is 1160. The Morgan fingerprint density at radius 2 is 1.91 bits per heavy atom. The van der Waals surface area contributed by atoms with Crippen LogP contribution in [0.2, 0.25) is 0 Å². The van der Waals surface area contributed by atoms with E-state index in [-0.39, 0.29) is 12.0 Å². The fraction of sp³-hybridized carbons (Fsp3) is 0.583. The number of anilines is 2. The van der Waals surface area contributed by atoms with E-state index in [1.807, 2.05) is 13.0 Å². The summed E-state index contributed by atoms with van der Waals surface area (Å²) in [6, 6.07) is 1.50. The van der Waals surface area contributed by atoms with E-state index in [9.17, 15) is 15.3 Å². The van der Waals surface area contributed by atoms with Crippen molar-refractivity contribution >= 4 is 33.3 Å². The average Bonchev–Trinajstić information content (AvgIpc) is 3.33. The molecular weight excluding hydrogens is 452 g/mol. The molecule has 4 unspecified atom stereocenters. The zero-order valence-corrected chi connectivity index (χ0v) is 21.1. The number of pyridine rings is 1. The molecular formula is C24H34N6O3S. The zero-order valence-electron chi connectivity index (χ0n) is 20.3. The minimum Gasteiger partial charge on any atom is -0.396 e. The number of rotatable bonds is 7. The molecule has 9 nitrogen and oxygen atoms in total. The molecule has 34 heavy (non-hydrogen) atoms. The predicted octanol–water partition coefficient (Wildman–Crippen LogP) is 2.99. The molecule has 184 valence electrons. The first-order chi connectivity index (χ1) is 16.1. The second-order valence-corrected chi connectivity index (χ2v) is 11.2. The van der Waals surface area contributed by atoms with Crippen molar-refractivity contribution < 1.29 is 15.3 Å². The molecule has 1 saturated carbocycles. The number of hydrogen-bond donors (Lipinski definition) is 5. The number of hydrogen-bond acceptors (Lipinski definition) is 10. The van der Waals surface area contributed by atoms with Gasteiger partial charge in [-0.05, 0) is 31.2 Å². The highest BCUT2D eigenvalue weighted by atomic mass is 32.1. The van der Waals surface area contributed by atoms with Crippen molar-refractivity contribution in [1.29, 1.82) is 0 Å². The fourth-order valence-corrected chi connectivity index (χ4v) is 5.34. The van der Waals surface area contributed by atoms with Crippen LogP contribution in [-0.2, 0) is 6.42 Å². The van der Waals surface area contributed by atoms with E-state index in [4.69, 9.17) is 15.0 Å². The number of thiazole rings is 1. The van der Waals surface area contributed by atoms with Crippen molar-refractivity contribution in [3.05, 3.63) is 23.7 Å². The lowest BCUT2D eigenvalue weighted by molar-refractivity contribution is 0.00446. The van der Waals surface area contributed by atoms with Gasteiger partial charge in [-0.2, -0.15) is 4.98 Å². The summed E-state index contributed by atoms with van der Waals surface area (Å²) < 4.78 is 1.04. The van der Waals surface area contributed by atoms with E-state index in [0.29, 0.717) is 24.7 Å². The van der Waals surface area contributed by atoms with E-state index in [1.54, 1.807) is 17.5 Å². The van der Waals surface area contributed by atoms with Gasteiger partial charge < -0.3 is 26.0 Å². The highest BCUT2D eigenvalue weighted by Gasteiger charge is 2.41. The van der Waals surface area contributed by atoms with E-state index >= 15 is 0 Å². The van der Waals surface area contributed by atoms with Crippen LogP contribution in [0, 0.1) is 18.3 Å². The molecule has 3 heterocycles. The SMILES string of the molecule is CCc1nccc2sc(-c3c(C)nc(NCC(C)(C)C)nc3NC3CC(CO)C(O)C3O)nc12. The van der Waals surface area contributed by atoms with Gasteiger partial charge in [-0.3, -0.25) is 4.98 Å². The van der Waals surface area contributed by atoms with Crippen LogP contribution < -0.4 is 10.6 Å². The molecule has 0 aliphatic heterocycles. The van der Waals surface area contributed by atoms with Gasteiger partial charge in [0.2, 0.25) is 5.95 Å². The van der Waals surface area contributed by atoms with Crippen molar-refractivity contribution in [2.24, 2.45) is 11.3 Å². The van der Waals surface area contributed by atoms with Crippen molar-refractivity contribution in [3.63, 3.8) is 0 Å². The van der Waals surface area contributed by atoms with E-state index in [0.717, 1.165) is 38.6 Å². The Morgan fingerprint density at radius 3 is 2.56 bits per heavy atom. The third-order valence-corrected chi connectivity index (χ3v) is 7.20. The van der Waals surface area contributed by atoms with Crippen LogP contribution >= 0.6 is 11.3 Å². The largest absolute Gasteiger partial charge is 0.396 e. The van der Waals surface area contributed by atoms with Gasteiger partial charge in [0.15, 0.2) is 0 Å². The minimum atomic E-state index is -1.02. The van der Waals surface area contributed by atoms with E-state index < -0.39 is 24.2 Å². The summed E-state index contributed by atoms with van der Waals surface area (Å²) >= 11 is 1.55.